The van der Waals surface area contributed by atoms with Crippen molar-refractivity contribution in [2.45, 2.75) is 0 Å². The fourth-order valence-corrected chi connectivity index (χ4v) is 2.29. The van der Waals surface area contributed by atoms with E-state index in [0.29, 0.717) is 5.56 Å². The average molecular weight is 387 g/mol. The van der Waals surface area contributed by atoms with Gasteiger partial charge in [-0.15, -0.1) is 37.2 Å². The number of imidazole rings is 1. The Morgan fingerprint density at radius 3 is 2.67 bits per heavy atom. The molecule has 4 rings (SSSR count). The van der Waals surface area contributed by atoms with E-state index >= 15 is 0 Å². The van der Waals surface area contributed by atoms with Gasteiger partial charge in [-0.05, 0) is 36.4 Å². The molecule has 4 aromatic rings. The Morgan fingerprint density at radius 1 is 1.00 bits per heavy atom. The van der Waals surface area contributed by atoms with E-state index in [9.17, 15) is 4.79 Å². The number of halogens is 3. The van der Waals surface area contributed by atoms with Gasteiger partial charge in [0.25, 0.3) is 5.91 Å². The predicted octanol–water partition coefficient (Wildman–Crippen LogP) is 3.96. The first-order chi connectivity index (χ1) is 10.3. The molecule has 6 nitrogen and oxygen atoms in total. The minimum absolute atomic E-state index is 0. The van der Waals surface area contributed by atoms with Crippen LogP contribution < -0.4 is 5.32 Å². The van der Waals surface area contributed by atoms with Crippen molar-refractivity contribution >= 4 is 70.8 Å². The second-order valence-corrected chi connectivity index (χ2v) is 4.76. The first kappa shape index (κ1) is 19.8. The number of fused-ring (bicyclic) bond motifs is 2. The van der Waals surface area contributed by atoms with Crippen molar-refractivity contribution in [1.29, 1.82) is 0 Å². The van der Waals surface area contributed by atoms with E-state index in [1.807, 2.05) is 24.3 Å². The molecule has 0 saturated carbocycles. The van der Waals surface area contributed by atoms with Crippen LogP contribution in [0.1, 0.15) is 10.4 Å². The van der Waals surface area contributed by atoms with Gasteiger partial charge in [-0.2, -0.15) is 5.10 Å². The molecule has 2 aromatic heterocycles. The molecule has 0 radical (unpaired) electrons. The number of rotatable bonds is 2. The van der Waals surface area contributed by atoms with Crippen molar-refractivity contribution < 1.29 is 4.79 Å². The molecule has 2 heterocycles. The molecule has 0 unspecified atom stereocenters. The third kappa shape index (κ3) is 3.62. The van der Waals surface area contributed by atoms with Crippen LogP contribution in [0.15, 0.2) is 48.9 Å². The van der Waals surface area contributed by atoms with Gasteiger partial charge in [0.15, 0.2) is 0 Å². The quantitative estimate of drug-likeness (QED) is 0.487. The number of hydrogen-bond donors (Lipinski definition) is 3. The van der Waals surface area contributed by atoms with Gasteiger partial charge < -0.3 is 10.3 Å². The summed E-state index contributed by atoms with van der Waals surface area (Å²) < 4.78 is 0. The average Bonchev–Trinajstić information content (AvgIpc) is 3.14. The van der Waals surface area contributed by atoms with E-state index in [4.69, 9.17) is 0 Å². The number of nitrogens with one attached hydrogen (secondary N) is 3. The molecule has 0 atom stereocenters. The van der Waals surface area contributed by atoms with Gasteiger partial charge in [0, 0.05) is 16.6 Å². The van der Waals surface area contributed by atoms with Crippen LogP contribution in [0.2, 0.25) is 0 Å². The number of carbonyl (C=O) groups excluding carboxylic acids is 1. The first-order valence-corrected chi connectivity index (χ1v) is 6.47. The highest BCUT2D eigenvalue weighted by Crippen LogP contribution is 2.18. The van der Waals surface area contributed by atoms with Crippen molar-refractivity contribution in [2.75, 3.05) is 5.32 Å². The number of carbonyl (C=O) groups is 1. The van der Waals surface area contributed by atoms with Gasteiger partial charge in [0.05, 0.1) is 29.1 Å². The molecule has 1 amide bonds. The largest absolute Gasteiger partial charge is 0.345 e. The highest BCUT2D eigenvalue weighted by molar-refractivity contribution is 6.06. The van der Waals surface area contributed by atoms with Gasteiger partial charge in [-0.1, -0.05) is 0 Å². The lowest BCUT2D eigenvalue weighted by atomic mass is 10.1. The molecule has 0 aliphatic rings. The third-order valence-corrected chi connectivity index (χ3v) is 3.38. The molecule has 0 bridgehead atoms. The summed E-state index contributed by atoms with van der Waals surface area (Å²) in [4.78, 5) is 19.4. The number of aromatic nitrogens is 4. The number of anilines is 1. The van der Waals surface area contributed by atoms with Crippen molar-refractivity contribution in [3.8, 4) is 0 Å². The predicted molar refractivity (Wildman–Crippen MR) is 102 cm³/mol. The number of H-pyrrole nitrogens is 2. The van der Waals surface area contributed by atoms with E-state index in [1.165, 1.54) is 0 Å². The maximum absolute atomic E-state index is 12.3. The smallest absolute Gasteiger partial charge is 0.255 e. The Hall–Kier alpha value is -2.28. The zero-order valence-electron chi connectivity index (χ0n) is 12.1. The van der Waals surface area contributed by atoms with Crippen LogP contribution in [0.25, 0.3) is 21.9 Å². The fraction of sp³-hybridized carbons (Fsp3) is 0. The molecule has 0 aliphatic carbocycles. The van der Waals surface area contributed by atoms with Crippen molar-refractivity contribution in [3.63, 3.8) is 0 Å². The summed E-state index contributed by atoms with van der Waals surface area (Å²) in [5, 5.41) is 10.7. The molecule has 0 aliphatic heterocycles. The van der Waals surface area contributed by atoms with Crippen molar-refractivity contribution in [3.05, 3.63) is 54.5 Å². The van der Waals surface area contributed by atoms with Gasteiger partial charge in [0.1, 0.15) is 0 Å². The number of amides is 1. The van der Waals surface area contributed by atoms with Crippen LogP contribution >= 0.6 is 37.2 Å². The van der Waals surface area contributed by atoms with E-state index in [-0.39, 0.29) is 43.1 Å². The van der Waals surface area contributed by atoms with E-state index in [0.717, 1.165) is 27.6 Å². The van der Waals surface area contributed by atoms with Gasteiger partial charge in [-0.25, -0.2) is 4.98 Å². The molecule has 24 heavy (non-hydrogen) atoms. The molecular formula is C15H14Cl3N5O. The maximum atomic E-state index is 12.3. The number of hydrogen-bond acceptors (Lipinski definition) is 3. The first-order valence-electron chi connectivity index (χ1n) is 6.47. The molecule has 0 saturated heterocycles. The van der Waals surface area contributed by atoms with Crippen LogP contribution in [0.5, 0.6) is 0 Å². The summed E-state index contributed by atoms with van der Waals surface area (Å²) in [5.41, 5.74) is 3.87. The van der Waals surface area contributed by atoms with Gasteiger partial charge in [0.2, 0.25) is 0 Å². The summed E-state index contributed by atoms with van der Waals surface area (Å²) in [6.07, 6.45) is 3.35. The summed E-state index contributed by atoms with van der Waals surface area (Å²) >= 11 is 0. The second-order valence-electron chi connectivity index (χ2n) is 4.76. The number of benzene rings is 2. The lowest BCUT2D eigenvalue weighted by Gasteiger charge is -2.05. The Bertz CT molecular complexity index is 966. The maximum Gasteiger partial charge on any atom is 0.255 e. The van der Waals surface area contributed by atoms with E-state index < -0.39 is 0 Å². The summed E-state index contributed by atoms with van der Waals surface area (Å²) in [6.45, 7) is 0. The lowest BCUT2D eigenvalue weighted by molar-refractivity contribution is 0.102. The van der Waals surface area contributed by atoms with Crippen molar-refractivity contribution in [2.24, 2.45) is 0 Å². The van der Waals surface area contributed by atoms with E-state index in [1.54, 1.807) is 24.7 Å². The lowest BCUT2D eigenvalue weighted by Crippen LogP contribution is -2.11. The zero-order valence-corrected chi connectivity index (χ0v) is 14.6. The third-order valence-electron chi connectivity index (χ3n) is 3.38. The molecule has 126 valence electrons. The van der Waals surface area contributed by atoms with Crippen LogP contribution in [0.3, 0.4) is 0 Å². The van der Waals surface area contributed by atoms with Crippen LogP contribution in [0.4, 0.5) is 5.69 Å². The topological polar surface area (TPSA) is 86.5 Å². The monoisotopic (exact) mass is 385 g/mol. The molecule has 0 fully saturated rings. The minimum Gasteiger partial charge on any atom is -0.345 e. The Kier molecular flexibility index (Phi) is 6.60. The molecule has 0 spiro atoms. The number of aromatic amines is 2. The molecular weight excluding hydrogens is 373 g/mol. The highest BCUT2D eigenvalue weighted by atomic mass is 35.5. The zero-order chi connectivity index (χ0) is 14.2. The second kappa shape index (κ2) is 8.01. The summed E-state index contributed by atoms with van der Waals surface area (Å²) in [7, 11) is 0. The van der Waals surface area contributed by atoms with E-state index in [2.05, 4.69) is 25.5 Å². The molecule has 9 heteroatoms. The Morgan fingerprint density at radius 2 is 1.83 bits per heavy atom. The standard InChI is InChI=1S/C15H11N5O.3ClH/c21-15(9-2-4-12-14(5-9)17-8-16-12)19-11-3-1-10-7-18-20-13(10)6-11;;;/h1-8H,(H,16,17)(H,18,20)(H,19,21);3*1H. The van der Waals surface area contributed by atoms with Gasteiger partial charge in [-0.3, -0.25) is 9.89 Å². The summed E-state index contributed by atoms with van der Waals surface area (Å²) in [6, 6.07) is 11.0. The fourth-order valence-electron chi connectivity index (χ4n) is 2.29. The number of nitrogens with zero attached hydrogens (tertiary/aromatic N) is 2. The van der Waals surface area contributed by atoms with Crippen LogP contribution in [-0.2, 0) is 0 Å². The van der Waals surface area contributed by atoms with Crippen molar-refractivity contribution in [1.82, 2.24) is 20.2 Å². The SMILES string of the molecule is Cl.Cl.Cl.O=C(Nc1ccc2cn[nH]c2c1)c1ccc2nc[nH]c2c1. The Balaban J connectivity index is 0.000000960. The molecule has 2 aromatic carbocycles. The minimum atomic E-state index is -0.162. The van der Waals surface area contributed by atoms with Crippen LogP contribution in [-0.4, -0.2) is 26.1 Å². The highest BCUT2D eigenvalue weighted by Gasteiger charge is 2.08. The van der Waals surface area contributed by atoms with Crippen LogP contribution in [0, 0.1) is 0 Å². The van der Waals surface area contributed by atoms with Gasteiger partial charge >= 0.3 is 0 Å². The Labute approximate surface area is 155 Å². The molecule has 3 N–H and O–H groups in total. The normalized spacial score (nSPS) is 9.67. The summed E-state index contributed by atoms with van der Waals surface area (Å²) in [5.74, 6) is -0.162.